The van der Waals surface area contributed by atoms with E-state index in [0.29, 0.717) is 12.1 Å². The van der Waals surface area contributed by atoms with Crippen molar-refractivity contribution in [2.24, 2.45) is 7.05 Å². The molecule has 18 heavy (non-hydrogen) atoms. The molecule has 0 N–H and O–H groups in total. The minimum absolute atomic E-state index is 0.0352. The Morgan fingerprint density at radius 1 is 1.44 bits per heavy atom. The van der Waals surface area contributed by atoms with E-state index in [4.69, 9.17) is 0 Å². The topological polar surface area (TPSA) is 56.0 Å². The molecule has 2 aromatic heterocycles. The first kappa shape index (κ1) is 12.3. The lowest BCUT2D eigenvalue weighted by Gasteiger charge is -2.16. The Balaban J connectivity index is 2.08. The van der Waals surface area contributed by atoms with Gasteiger partial charge in [-0.2, -0.15) is 10.2 Å². The molecule has 0 aliphatic heterocycles. The second kappa shape index (κ2) is 5.03. The van der Waals surface area contributed by atoms with Crippen LogP contribution in [-0.4, -0.2) is 37.4 Å². The van der Waals surface area contributed by atoms with Crippen molar-refractivity contribution < 1.29 is 4.79 Å². The first-order valence-electron chi connectivity index (χ1n) is 5.86. The standard InChI is InChI=1S/C12H17N5O/c1-4-17-11(5-6-13-17)9-15(2)12(18)10-7-14-16(3)8-10/h5-8H,4,9H2,1-3H3. The highest BCUT2D eigenvalue weighted by molar-refractivity contribution is 5.93. The molecular formula is C12H17N5O. The van der Waals surface area contributed by atoms with Crippen LogP contribution in [0.5, 0.6) is 0 Å². The van der Waals surface area contributed by atoms with Gasteiger partial charge >= 0.3 is 0 Å². The minimum Gasteiger partial charge on any atom is -0.336 e. The van der Waals surface area contributed by atoms with Crippen molar-refractivity contribution in [3.8, 4) is 0 Å². The van der Waals surface area contributed by atoms with Gasteiger partial charge in [-0.1, -0.05) is 0 Å². The van der Waals surface area contributed by atoms with Crippen LogP contribution in [0.1, 0.15) is 23.0 Å². The van der Waals surface area contributed by atoms with Crippen molar-refractivity contribution >= 4 is 5.91 Å². The lowest BCUT2D eigenvalue weighted by molar-refractivity contribution is 0.0781. The summed E-state index contributed by atoms with van der Waals surface area (Å²) in [4.78, 5) is 13.8. The average Bonchev–Trinajstić information content (AvgIpc) is 2.96. The first-order valence-corrected chi connectivity index (χ1v) is 5.86. The molecule has 6 nitrogen and oxygen atoms in total. The second-order valence-corrected chi connectivity index (χ2v) is 4.20. The number of carbonyl (C=O) groups excluding carboxylic acids is 1. The van der Waals surface area contributed by atoms with Crippen molar-refractivity contribution in [2.75, 3.05) is 7.05 Å². The zero-order chi connectivity index (χ0) is 13.1. The molecule has 0 radical (unpaired) electrons. The van der Waals surface area contributed by atoms with E-state index < -0.39 is 0 Å². The van der Waals surface area contributed by atoms with Crippen molar-refractivity contribution in [1.82, 2.24) is 24.5 Å². The molecule has 2 heterocycles. The second-order valence-electron chi connectivity index (χ2n) is 4.20. The molecule has 2 rings (SSSR count). The molecule has 0 aliphatic carbocycles. The van der Waals surface area contributed by atoms with E-state index in [1.165, 1.54) is 0 Å². The zero-order valence-corrected chi connectivity index (χ0v) is 10.9. The quantitative estimate of drug-likeness (QED) is 0.807. The smallest absolute Gasteiger partial charge is 0.257 e. The number of amides is 1. The summed E-state index contributed by atoms with van der Waals surface area (Å²) in [6.45, 7) is 3.37. The van der Waals surface area contributed by atoms with Crippen LogP contribution in [0, 0.1) is 0 Å². The van der Waals surface area contributed by atoms with E-state index in [9.17, 15) is 4.79 Å². The fourth-order valence-corrected chi connectivity index (χ4v) is 1.85. The average molecular weight is 247 g/mol. The largest absolute Gasteiger partial charge is 0.336 e. The van der Waals surface area contributed by atoms with Crippen LogP contribution >= 0.6 is 0 Å². The summed E-state index contributed by atoms with van der Waals surface area (Å²) in [5, 5.41) is 8.19. The van der Waals surface area contributed by atoms with Crippen LogP contribution < -0.4 is 0 Å². The maximum absolute atomic E-state index is 12.1. The predicted octanol–water partition coefficient (Wildman–Crippen LogP) is 0.909. The van der Waals surface area contributed by atoms with Gasteiger partial charge in [-0.3, -0.25) is 14.2 Å². The van der Waals surface area contributed by atoms with E-state index in [1.807, 2.05) is 17.7 Å². The van der Waals surface area contributed by atoms with Gasteiger partial charge in [0.15, 0.2) is 0 Å². The Labute approximate surface area is 106 Å². The van der Waals surface area contributed by atoms with E-state index in [0.717, 1.165) is 12.2 Å². The van der Waals surface area contributed by atoms with E-state index in [2.05, 4.69) is 10.2 Å². The normalized spacial score (nSPS) is 10.6. The SMILES string of the molecule is CCn1nccc1CN(C)C(=O)c1cnn(C)c1. The lowest BCUT2D eigenvalue weighted by Crippen LogP contribution is -2.27. The monoisotopic (exact) mass is 247 g/mol. The van der Waals surface area contributed by atoms with Gasteiger partial charge in [0.25, 0.3) is 5.91 Å². The summed E-state index contributed by atoms with van der Waals surface area (Å²) in [7, 11) is 3.57. The molecular weight excluding hydrogens is 230 g/mol. The van der Waals surface area contributed by atoms with Crippen LogP contribution in [-0.2, 0) is 20.1 Å². The Bertz CT molecular complexity index is 542. The molecule has 0 saturated carbocycles. The van der Waals surface area contributed by atoms with Gasteiger partial charge in [0, 0.05) is 33.0 Å². The Morgan fingerprint density at radius 2 is 2.22 bits per heavy atom. The molecule has 0 bridgehead atoms. The molecule has 0 atom stereocenters. The van der Waals surface area contributed by atoms with Gasteiger partial charge in [0.05, 0.1) is 24.0 Å². The third-order valence-corrected chi connectivity index (χ3v) is 2.80. The molecule has 96 valence electrons. The highest BCUT2D eigenvalue weighted by Crippen LogP contribution is 2.07. The van der Waals surface area contributed by atoms with Gasteiger partial charge in [0.2, 0.25) is 0 Å². The van der Waals surface area contributed by atoms with Crippen LogP contribution in [0.4, 0.5) is 0 Å². The lowest BCUT2D eigenvalue weighted by atomic mass is 10.3. The van der Waals surface area contributed by atoms with Gasteiger partial charge in [-0.05, 0) is 13.0 Å². The summed E-state index contributed by atoms with van der Waals surface area (Å²) in [5.41, 5.74) is 1.62. The molecule has 0 saturated heterocycles. The maximum atomic E-state index is 12.1. The summed E-state index contributed by atoms with van der Waals surface area (Å²) in [6, 6.07) is 1.93. The molecule has 2 aromatic rings. The molecule has 0 spiro atoms. The van der Waals surface area contributed by atoms with Crippen molar-refractivity contribution in [1.29, 1.82) is 0 Å². The van der Waals surface area contributed by atoms with E-state index in [-0.39, 0.29) is 5.91 Å². The molecule has 0 aliphatic rings. The van der Waals surface area contributed by atoms with Crippen molar-refractivity contribution in [3.05, 3.63) is 35.9 Å². The van der Waals surface area contributed by atoms with Gasteiger partial charge in [0.1, 0.15) is 0 Å². The van der Waals surface area contributed by atoms with Crippen LogP contribution in [0.2, 0.25) is 0 Å². The van der Waals surface area contributed by atoms with Crippen LogP contribution in [0.15, 0.2) is 24.7 Å². The number of hydrogen-bond acceptors (Lipinski definition) is 3. The zero-order valence-electron chi connectivity index (χ0n) is 10.9. The number of hydrogen-bond donors (Lipinski definition) is 0. The maximum Gasteiger partial charge on any atom is 0.257 e. The van der Waals surface area contributed by atoms with E-state index in [1.54, 1.807) is 42.3 Å². The van der Waals surface area contributed by atoms with Gasteiger partial charge in [-0.25, -0.2) is 0 Å². The molecule has 0 aromatic carbocycles. The molecule has 1 amide bonds. The Morgan fingerprint density at radius 3 is 2.83 bits per heavy atom. The third-order valence-electron chi connectivity index (χ3n) is 2.80. The Kier molecular flexibility index (Phi) is 3.45. The number of aryl methyl sites for hydroxylation is 2. The molecule has 6 heteroatoms. The number of aromatic nitrogens is 4. The fourth-order valence-electron chi connectivity index (χ4n) is 1.85. The van der Waals surface area contributed by atoms with Crippen molar-refractivity contribution in [3.63, 3.8) is 0 Å². The third kappa shape index (κ3) is 2.42. The fraction of sp³-hybridized carbons (Fsp3) is 0.417. The summed E-state index contributed by atoms with van der Waals surface area (Å²) < 4.78 is 3.50. The van der Waals surface area contributed by atoms with Crippen molar-refractivity contribution in [2.45, 2.75) is 20.0 Å². The first-order chi connectivity index (χ1) is 8.61. The number of nitrogens with zero attached hydrogens (tertiary/aromatic N) is 5. The summed E-state index contributed by atoms with van der Waals surface area (Å²) in [6.07, 6.45) is 5.05. The highest BCUT2D eigenvalue weighted by Gasteiger charge is 2.15. The summed E-state index contributed by atoms with van der Waals surface area (Å²) >= 11 is 0. The molecule has 0 unspecified atom stereocenters. The minimum atomic E-state index is -0.0352. The Hall–Kier alpha value is -2.11. The predicted molar refractivity (Wildman–Crippen MR) is 66.9 cm³/mol. The van der Waals surface area contributed by atoms with Crippen LogP contribution in [0.3, 0.4) is 0 Å². The number of rotatable bonds is 4. The number of carbonyl (C=O) groups is 1. The van der Waals surface area contributed by atoms with E-state index >= 15 is 0 Å². The summed E-state index contributed by atoms with van der Waals surface area (Å²) in [5.74, 6) is -0.0352. The molecule has 0 fully saturated rings. The van der Waals surface area contributed by atoms with Gasteiger partial charge in [-0.15, -0.1) is 0 Å². The van der Waals surface area contributed by atoms with Crippen LogP contribution in [0.25, 0.3) is 0 Å². The highest BCUT2D eigenvalue weighted by atomic mass is 16.2. The van der Waals surface area contributed by atoms with Gasteiger partial charge < -0.3 is 4.90 Å².